The number of hydrogen-bond acceptors (Lipinski definition) is 10. The number of hydrogen-bond donors (Lipinski definition) is 1. The van der Waals surface area contributed by atoms with Crippen molar-refractivity contribution in [2.75, 3.05) is 56.3 Å². The van der Waals surface area contributed by atoms with Gasteiger partial charge in [0.15, 0.2) is 5.82 Å². The Morgan fingerprint density at radius 2 is 1.91 bits per heavy atom. The van der Waals surface area contributed by atoms with Gasteiger partial charge in [-0.15, -0.1) is 20.4 Å². The number of benzene rings is 1. The van der Waals surface area contributed by atoms with E-state index in [0.717, 1.165) is 68.1 Å². The number of aliphatic hydroxyl groups is 1. The molecular weight excluding hydrogens is 410 g/mol. The van der Waals surface area contributed by atoms with E-state index < -0.39 is 6.10 Å². The fraction of sp³-hybridized carbons (Fsp3) is 0.500. The normalized spacial score (nSPS) is 20.4. The minimum absolute atomic E-state index is 0.0177. The van der Waals surface area contributed by atoms with Gasteiger partial charge in [0.25, 0.3) is 0 Å². The van der Waals surface area contributed by atoms with Crippen molar-refractivity contribution in [1.82, 2.24) is 25.6 Å². The molecular formula is C22H27N7O3. The number of fused-ring (bicyclic) bond motifs is 1. The highest BCUT2D eigenvalue weighted by molar-refractivity contribution is 5.91. The molecule has 0 bridgehead atoms. The molecule has 2 saturated heterocycles. The Morgan fingerprint density at radius 1 is 1.03 bits per heavy atom. The Labute approximate surface area is 186 Å². The molecule has 0 amide bonds. The van der Waals surface area contributed by atoms with Crippen LogP contribution in [-0.4, -0.2) is 77.2 Å². The molecule has 1 N–H and O–H groups in total. The standard InChI is InChI=1S/C22H27N7O3/c1-31-20-7-6-18(23-25-20)21(30)15-3-2-8-29(14-15)22-17-5-4-16(13-19(17)24-27-26-22)28-9-11-32-12-10-28/h4-7,13,15,21,30H,2-3,8-12,14H2,1H3/t15?,21-/m1/s1. The van der Waals surface area contributed by atoms with Crippen LogP contribution in [0.25, 0.3) is 10.9 Å². The first-order valence-corrected chi connectivity index (χ1v) is 11.0. The molecule has 5 rings (SSSR count). The number of nitrogens with zero attached hydrogens (tertiary/aromatic N) is 7. The number of anilines is 2. The minimum Gasteiger partial charge on any atom is -0.480 e. The van der Waals surface area contributed by atoms with Crippen molar-refractivity contribution in [1.29, 1.82) is 0 Å². The van der Waals surface area contributed by atoms with Gasteiger partial charge in [0, 0.05) is 49.2 Å². The van der Waals surface area contributed by atoms with E-state index in [4.69, 9.17) is 9.47 Å². The summed E-state index contributed by atoms with van der Waals surface area (Å²) < 4.78 is 10.5. The van der Waals surface area contributed by atoms with E-state index in [1.807, 2.05) is 0 Å². The molecule has 2 aromatic heterocycles. The zero-order valence-electron chi connectivity index (χ0n) is 18.1. The third-order valence-corrected chi connectivity index (χ3v) is 6.27. The highest BCUT2D eigenvalue weighted by Crippen LogP contribution is 2.33. The van der Waals surface area contributed by atoms with Crippen LogP contribution >= 0.6 is 0 Å². The lowest BCUT2D eigenvalue weighted by molar-refractivity contribution is 0.0930. The van der Waals surface area contributed by atoms with Crippen molar-refractivity contribution >= 4 is 22.4 Å². The van der Waals surface area contributed by atoms with E-state index in [0.29, 0.717) is 18.1 Å². The summed E-state index contributed by atoms with van der Waals surface area (Å²) >= 11 is 0. The van der Waals surface area contributed by atoms with E-state index >= 15 is 0 Å². The van der Waals surface area contributed by atoms with Crippen molar-refractivity contribution in [3.05, 3.63) is 36.0 Å². The van der Waals surface area contributed by atoms with Crippen LogP contribution in [0, 0.1) is 5.92 Å². The molecule has 0 aliphatic carbocycles. The second-order valence-corrected chi connectivity index (χ2v) is 8.21. The molecule has 3 aromatic rings. The van der Waals surface area contributed by atoms with Gasteiger partial charge >= 0.3 is 0 Å². The summed E-state index contributed by atoms with van der Waals surface area (Å²) in [6, 6.07) is 9.75. The first-order valence-electron chi connectivity index (χ1n) is 11.0. The predicted octanol–water partition coefficient (Wildman–Crippen LogP) is 1.61. The molecule has 2 atom stereocenters. The summed E-state index contributed by atoms with van der Waals surface area (Å²) in [6.07, 6.45) is 1.15. The van der Waals surface area contributed by atoms with Gasteiger partial charge in [-0.25, -0.2) is 0 Å². The van der Waals surface area contributed by atoms with E-state index in [-0.39, 0.29) is 5.92 Å². The smallest absolute Gasteiger partial charge is 0.233 e. The number of rotatable bonds is 5. The van der Waals surface area contributed by atoms with E-state index in [9.17, 15) is 5.11 Å². The molecule has 10 nitrogen and oxygen atoms in total. The predicted molar refractivity (Wildman–Crippen MR) is 119 cm³/mol. The van der Waals surface area contributed by atoms with Gasteiger partial charge in [-0.1, -0.05) is 0 Å². The Hall–Kier alpha value is -3.11. The molecule has 0 saturated carbocycles. The molecule has 0 radical (unpaired) electrons. The van der Waals surface area contributed by atoms with Crippen LogP contribution in [0.4, 0.5) is 11.5 Å². The van der Waals surface area contributed by atoms with Crippen LogP contribution in [0.3, 0.4) is 0 Å². The zero-order chi connectivity index (χ0) is 21.9. The number of morpholine rings is 1. The fourth-order valence-corrected chi connectivity index (χ4v) is 4.51. The molecule has 1 unspecified atom stereocenters. The monoisotopic (exact) mass is 437 g/mol. The highest BCUT2D eigenvalue weighted by atomic mass is 16.5. The number of methoxy groups -OCH3 is 1. The first-order chi connectivity index (χ1) is 15.7. The second kappa shape index (κ2) is 9.17. The van der Waals surface area contributed by atoms with Crippen molar-refractivity contribution in [3.8, 4) is 5.88 Å². The lowest BCUT2D eigenvalue weighted by Gasteiger charge is -2.35. The summed E-state index contributed by atoms with van der Waals surface area (Å²) in [7, 11) is 1.54. The summed E-state index contributed by atoms with van der Waals surface area (Å²) in [5, 5.41) is 32.7. The molecule has 10 heteroatoms. The van der Waals surface area contributed by atoms with Gasteiger partial charge in [-0.2, -0.15) is 0 Å². The largest absolute Gasteiger partial charge is 0.480 e. The van der Waals surface area contributed by atoms with Gasteiger partial charge in [-0.05, 0) is 42.3 Å². The summed E-state index contributed by atoms with van der Waals surface area (Å²) in [5.41, 5.74) is 2.50. The Kier molecular flexibility index (Phi) is 5.95. The lowest BCUT2D eigenvalue weighted by atomic mass is 9.90. The first kappa shape index (κ1) is 20.8. The van der Waals surface area contributed by atoms with E-state index in [1.54, 1.807) is 19.2 Å². The molecule has 2 fully saturated rings. The number of piperidine rings is 1. The number of aromatic nitrogens is 5. The maximum atomic E-state index is 10.9. The third kappa shape index (κ3) is 4.15. The van der Waals surface area contributed by atoms with Crippen LogP contribution in [0.2, 0.25) is 0 Å². The van der Waals surface area contributed by atoms with Crippen molar-refractivity contribution < 1.29 is 14.6 Å². The minimum atomic E-state index is -0.704. The Morgan fingerprint density at radius 3 is 2.69 bits per heavy atom. The van der Waals surface area contributed by atoms with Crippen LogP contribution < -0.4 is 14.5 Å². The van der Waals surface area contributed by atoms with Crippen molar-refractivity contribution in [3.63, 3.8) is 0 Å². The number of aliphatic hydroxyl groups excluding tert-OH is 1. The topological polar surface area (TPSA) is 110 Å². The van der Waals surface area contributed by atoms with Gasteiger partial charge in [0.1, 0.15) is 11.6 Å². The van der Waals surface area contributed by atoms with Crippen LogP contribution in [0.15, 0.2) is 30.3 Å². The van der Waals surface area contributed by atoms with Crippen LogP contribution in [0.5, 0.6) is 5.88 Å². The van der Waals surface area contributed by atoms with E-state index in [1.165, 1.54) is 0 Å². The molecule has 2 aliphatic rings. The molecule has 1 aromatic carbocycles. The van der Waals surface area contributed by atoms with Gasteiger partial charge < -0.3 is 24.4 Å². The average Bonchev–Trinajstić information content (AvgIpc) is 2.88. The maximum absolute atomic E-state index is 10.9. The Bertz CT molecular complexity index is 1060. The molecule has 0 spiro atoms. The van der Waals surface area contributed by atoms with Gasteiger partial charge in [-0.3, -0.25) is 0 Å². The van der Waals surface area contributed by atoms with Crippen LogP contribution in [-0.2, 0) is 4.74 Å². The molecule has 32 heavy (non-hydrogen) atoms. The summed E-state index contributed by atoms with van der Waals surface area (Å²) in [6.45, 7) is 4.74. The Balaban J connectivity index is 1.36. The van der Waals surface area contributed by atoms with Crippen molar-refractivity contribution in [2.24, 2.45) is 5.92 Å². The molecule has 168 valence electrons. The zero-order valence-corrected chi connectivity index (χ0v) is 18.1. The maximum Gasteiger partial charge on any atom is 0.233 e. The second-order valence-electron chi connectivity index (χ2n) is 8.21. The molecule has 2 aliphatic heterocycles. The lowest BCUT2D eigenvalue weighted by Crippen LogP contribution is -2.39. The molecule has 4 heterocycles. The van der Waals surface area contributed by atoms with Gasteiger partial charge in [0.2, 0.25) is 5.88 Å². The summed E-state index contributed by atoms with van der Waals surface area (Å²) in [5.74, 6) is 1.26. The highest BCUT2D eigenvalue weighted by Gasteiger charge is 2.30. The van der Waals surface area contributed by atoms with E-state index in [2.05, 4.69) is 53.6 Å². The summed E-state index contributed by atoms with van der Waals surface area (Å²) in [4.78, 5) is 4.49. The average molecular weight is 438 g/mol. The van der Waals surface area contributed by atoms with Crippen LogP contribution in [0.1, 0.15) is 24.6 Å². The quantitative estimate of drug-likeness (QED) is 0.632. The number of ether oxygens (including phenoxy) is 2. The fourth-order valence-electron chi connectivity index (χ4n) is 4.51. The van der Waals surface area contributed by atoms with Gasteiger partial charge in [0.05, 0.1) is 26.0 Å². The van der Waals surface area contributed by atoms with Crippen molar-refractivity contribution in [2.45, 2.75) is 18.9 Å². The third-order valence-electron chi connectivity index (χ3n) is 6.27. The SMILES string of the molecule is COc1ccc([C@H](O)C2CCCN(c3nnnc4cc(N5CCOCC5)ccc34)C2)nn1.